The molecule has 102 valence electrons. The Morgan fingerprint density at radius 3 is 2.53 bits per heavy atom. The maximum Gasteiger partial charge on any atom is 0.150 e. The molecule has 0 aromatic heterocycles. The zero-order valence-electron chi connectivity index (χ0n) is 10.9. The minimum Gasteiger partial charge on any atom is -0.390 e. The topological polar surface area (TPSA) is 63.6 Å². The van der Waals surface area contributed by atoms with Crippen molar-refractivity contribution in [3.63, 3.8) is 0 Å². The number of rotatable bonds is 5. The molecule has 0 heterocycles. The first-order valence-corrected chi connectivity index (χ1v) is 8.25. The van der Waals surface area contributed by atoms with E-state index in [1.807, 2.05) is 6.92 Å². The van der Waals surface area contributed by atoms with Crippen molar-refractivity contribution in [1.29, 1.82) is 0 Å². The fourth-order valence-corrected chi connectivity index (χ4v) is 3.92. The third kappa shape index (κ3) is 3.93. The van der Waals surface area contributed by atoms with Crippen LogP contribution in [0.2, 0.25) is 0 Å². The molecule has 0 aliphatic heterocycles. The van der Waals surface area contributed by atoms with Crippen molar-refractivity contribution in [3.8, 4) is 0 Å². The van der Waals surface area contributed by atoms with Crippen molar-refractivity contribution in [1.82, 2.24) is 0 Å². The third-order valence-corrected chi connectivity index (χ3v) is 5.48. The van der Waals surface area contributed by atoms with Gasteiger partial charge in [-0.05, 0) is 31.6 Å². The molecule has 0 aromatic rings. The molecule has 1 rings (SSSR count). The fourth-order valence-electron chi connectivity index (χ4n) is 2.73. The van der Waals surface area contributed by atoms with Crippen LogP contribution in [0.4, 0.5) is 0 Å². The monoisotopic (exact) mass is 264 g/mol. The summed E-state index contributed by atoms with van der Waals surface area (Å²) in [7, 11) is -1.39. The second-order valence-electron chi connectivity index (χ2n) is 5.05. The van der Waals surface area contributed by atoms with Crippen molar-refractivity contribution >= 4 is 9.84 Å². The van der Waals surface area contributed by atoms with E-state index >= 15 is 0 Å². The van der Waals surface area contributed by atoms with Crippen LogP contribution in [-0.2, 0) is 14.6 Å². The Kier molecular flexibility index (Phi) is 5.41. The van der Waals surface area contributed by atoms with Crippen LogP contribution >= 0.6 is 0 Å². The molecule has 0 saturated heterocycles. The SMILES string of the molecule is CCC(OC)C(O)C1CCCC(S(C)(=O)=O)C1. The molecule has 1 aliphatic carbocycles. The predicted molar refractivity (Wildman–Crippen MR) is 67.7 cm³/mol. The first kappa shape index (κ1) is 14.9. The minimum atomic E-state index is -2.98. The molecule has 1 fully saturated rings. The molecule has 0 radical (unpaired) electrons. The first-order valence-electron chi connectivity index (χ1n) is 6.29. The van der Waals surface area contributed by atoms with Gasteiger partial charge in [0.1, 0.15) is 9.84 Å². The number of methoxy groups -OCH3 is 1. The summed E-state index contributed by atoms with van der Waals surface area (Å²) < 4.78 is 28.3. The zero-order valence-corrected chi connectivity index (χ0v) is 11.7. The van der Waals surface area contributed by atoms with Gasteiger partial charge in [-0.1, -0.05) is 13.3 Å². The molecule has 17 heavy (non-hydrogen) atoms. The van der Waals surface area contributed by atoms with E-state index in [1.165, 1.54) is 6.26 Å². The number of hydrogen-bond acceptors (Lipinski definition) is 4. The van der Waals surface area contributed by atoms with E-state index in [-0.39, 0.29) is 17.3 Å². The van der Waals surface area contributed by atoms with E-state index in [0.29, 0.717) is 6.42 Å². The lowest BCUT2D eigenvalue weighted by Crippen LogP contribution is -2.39. The second-order valence-corrected chi connectivity index (χ2v) is 7.38. The van der Waals surface area contributed by atoms with E-state index < -0.39 is 15.9 Å². The predicted octanol–water partition coefficient (Wildman–Crippen LogP) is 1.38. The van der Waals surface area contributed by atoms with Crippen LogP contribution in [0.15, 0.2) is 0 Å². The molecule has 0 bridgehead atoms. The molecule has 0 spiro atoms. The van der Waals surface area contributed by atoms with Crippen LogP contribution in [0, 0.1) is 5.92 Å². The Morgan fingerprint density at radius 1 is 1.41 bits per heavy atom. The maximum atomic E-state index is 11.6. The van der Waals surface area contributed by atoms with Gasteiger partial charge in [-0.25, -0.2) is 8.42 Å². The van der Waals surface area contributed by atoms with Crippen molar-refractivity contribution in [2.75, 3.05) is 13.4 Å². The smallest absolute Gasteiger partial charge is 0.150 e. The van der Waals surface area contributed by atoms with Crippen LogP contribution in [0.3, 0.4) is 0 Å². The Bertz CT molecular complexity index is 321. The summed E-state index contributed by atoms with van der Waals surface area (Å²) in [5.41, 5.74) is 0. The number of sulfone groups is 1. The summed E-state index contributed by atoms with van der Waals surface area (Å²) in [5.74, 6) is 0.0494. The number of aliphatic hydroxyl groups excluding tert-OH is 1. The number of aliphatic hydroxyl groups is 1. The van der Waals surface area contributed by atoms with E-state index in [0.717, 1.165) is 25.7 Å². The van der Waals surface area contributed by atoms with Crippen molar-refractivity contribution in [2.45, 2.75) is 56.5 Å². The lowest BCUT2D eigenvalue weighted by Gasteiger charge is -2.34. The fraction of sp³-hybridized carbons (Fsp3) is 1.00. The van der Waals surface area contributed by atoms with Gasteiger partial charge in [-0.2, -0.15) is 0 Å². The number of hydrogen-bond donors (Lipinski definition) is 1. The Morgan fingerprint density at radius 2 is 2.06 bits per heavy atom. The normalized spacial score (nSPS) is 29.9. The molecule has 4 atom stereocenters. The summed E-state index contributed by atoms with van der Waals surface area (Å²) in [5, 5.41) is 9.91. The van der Waals surface area contributed by atoms with Gasteiger partial charge < -0.3 is 9.84 Å². The highest BCUT2D eigenvalue weighted by molar-refractivity contribution is 7.91. The summed E-state index contributed by atoms with van der Waals surface area (Å²) in [6, 6.07) is 0. The molecule has 4 unspecified atom stereocenters. The van der Waals surface area contributed by atoms with Crippen molar-refractivity contribution in [3.05, 3.63) is 0 Å². The van der Waals surface area contributed by atoms with Gasteiger partial charge in [0.05, 0.1) is 17.5 Å². The molecule has 1 N–H and O–H groups in total. The van der Waals surface area contributed by atoms with Crippen molar-refractivity contribution in [2.24, 2.45) is 5.92 Å². The molecule has 4 nitrogen and oxygen atoms in total. The lowest BCUT2D eigenvalue weighted by atomic mass is 9.82. The quantitative estimate of drug-likeness (QED) is 0.814. The third-order valence-electron chi connectivity index (χ3n) is 3.84. The van der Waals surface area contributed by atoms with E-state index in [1.54, 1.807) is 7.11 Å². The molecule has 5 heteroatoms. The van der Waals surface area contributed by atoms with Crippen molar-refractivity contribution < 1.29 is 18.3 Å². The van der Waals surface area contributed by atoms with Crippen LogP contribution < -0.4 is 0 Å². The first-order chi connectivity index (χ1) is 7.90. The summed E-state index contributed by atoms with van der Waals surface area (Å²) >= 11 is 0. The largest absolute Gasteiger partial charge is 0.390 e. The van der Waals surface area contributed by atoms with E-state index in [2.05, 4.69) is 0 Å². The molecular formula is C12H24O4S. The Balaban J connectivity index is 2.66. The molecular weight excluding hydrogens is 240 g/mol. The number of ether oxygens (including phenoxy) is 1. The van der Waals surface area contributed by atoms with Gasteiger partial charge in [-0.15, -0.1) is 0 Å². The highest BCUT2D eigenvalue weighted by Gasteiger charge is 2.35. The van der Waals surface area contributed by atoms with Gasteiger partial charge in [0, 0.05) is 13.4 Å². The van der Waals surface area contributed by atoms with E-state index in [4.69, 9.17) is 4.74 Å². The maximum absolute atomic E-state index is 11.6. The van der Waals surface area contributed by atoms with E-state index in [9.17, 15) is 13.5 Å². The molecule has 0 amide bonds. The van der Waals surface area contributed by atoms with Gasteiger partial charge in [0.25, 0.3) is 0 Å². The van der Waals surface area contributed by atoms with Crippen LogP contribution in [0.25, 0.3) is 0 Å². The van der Waals surface area contributed by atoms with Gasteiger partial charge in [0.15, 0.2) is 0 Å². The minimum absolute atomic E-state index is 0.0494. The molecule has 1 saturated carbocycles. The standard InChI is InChI=1S/C12H24O4S/c1-4-11(16-2)12(13)9-6-5-7-10(8-9)17(3,14)15/h9-13H,4-8H2,1-3H3. The summed E-state index contributed by atoms with van der Waals surface area (Å²) in [4.78, 5) is 0. The lowest BCUT2D eigenvalue weighted by molar-refractivity contribution is -0.0501. The van der Waals surface area contributed by atoms with Gasteiger partial charge in [0.2, 0.25) is 0 Å². The van der Waals surface area contributed by atoms with Crippen LogP contribution in [-0.4, -0.2) is 44.3 Å². The Hall–Kier alpha value is -0.130. The average molecular weight is 264 g/mol. The highest BCUT2D eigenvalue weighted by Crippen LogP contribution is 2.32. The van der Waals surface area contributed by atoms with Crippen LogP contribution in [0.1, 0.15) is 39.0 Å². The second kappa shape index (κ2) is 6.16. The summed E-state index contributed by atoms with van der Waals surface area (Å²) in [6.07, 6.45) is 4.38. The summed E-state index contributed by atoms with van der Waals surface area (Å²) in [6.45, 7) is 1.97. The van der Waals surface area contributed by atoms with Gasteiger partial charge in [-0.3, -0.25) is 0 Å². The Labute approximate surface area is 104 Å². The van der Waals surface area contributed by atoms with Crippen LogP contribution in [0.5, 0.6) is 0 Å². The molecule has 0 aromatic carbocycles. The van der Waals surface area contributed by atoms with Gasteiger partial charge >= 0.3 is 0 Å². The zero-order chi connectivity index (χ0) is 13.1. The molecule has 1 aliphatic rings. The highest BCUT2D eigenvalue weighted by atomic mass is 32.2. The average Bonchev–Trinajstić information content (AvgIpc) is 2.29.